The first kappa shape index (κ1) is 28.7. The second-order valence-electron chi connectivity index (χ2n) is 8.13. The molecular formula is C22H29N7O8. The molecule has 4 atom stereocenters. The zero-order chi connectivity index (χ0) is 27.5. The molecule has 0 radical (unpaired) electrons. The molecule has 2 aromatic rings. The fourth-order valence-corrected chi connectivity index (χ4v) is 3.22. The van der Waals surface area contributed by atoms with Crippen LogP contribution in [0.3, 0.4) is 0 Å². The summed E-state index contributed by atoms with van der Waals surface area (Å²) in [6.07, 6.45) is 2.09. The first-order valence-corrected chi connectivity index (χ1v) is 11.0. The maximum absolute atomic E-state index is 13.0. The van der Waals surface area contributed by atoms with Crippen molar-refractivity contribution in [3.63, 3.8) is 0 Å². The van der Waals surface area contributed by atoms with Crippen molar-refractivity contribution < 1.29 is 39.3 Å². The van der Waals surface area contributed by atoms with Crippen molar-refractivity contribution in [2.24, 2.45) is 11.5 Å². The van der Waals surface area contributed by atoms with E-state index in [0.29, 0.717) is 11.3 Å². The van der Waals surface area contributed by atoms with Crippen LogP contribution in [0.15, 0.2) is 36.8 Å². The summed E-state index contributed by atoms with van der Waals surface area (Å²) in [7, 11) is 0. The molecule has 2 rings (SSSR count). The maximum atomic E-state index is 13.0. The minimum atomic E-state index is -1.67. The first-order chi connectivity index (χ1) is 17.5. The molecule has 11 N–H and O–H groups in total. The maximum Gasteiger partial charge on any atom is 0.326 e. The van der Waals surface area contributed by atoms with Crippen molar-refractivity contribution in [1.29, 1.82) is 0 Å². The lowest BCUT2D eigenvalue weighted by atomic mass is 10.0. The quantitative estimate of drug-likeness (QED) is 0.120. The Morgan fingerprint density at radius 1 is 0.919 bits per heavy atom. The highest BCUT2D eigenvalue weighted by Crippen LogP contribution is 2.11. The number of nitrogens with zero attached hydrogens (tertiary/aromatic N) is 1. The van der Waals surface area contributed by atoms with Crippen molar-refractivity contribution >= 4 is 29.6 Å². The summed E-state index contributed by atoms with van der Waals surface area (Å²) >= 11 is 0. The van der Waals surface area contributed by atoms with Crippen LogP contribution in [0.1, 0.15) is 17.7 Å². The van der Waals surface area contributed by atoms with E-state index in [1.807, 2.05) is 5.32 Å². The van der Waals surface area contributed by atoms with Crippen LogP contribution in [0.25, 0.3) is 0 Å². The number of carbonyl (C=O) groups excluding carboxylic acids is 4. The van der Waals surface area contributed by atoms with Crippen molar-refractivity contribution in [2.75, 3.05) is 6.61 Å². The number of amides is 4. The number of aromatic nitrogens is 2. The molecule has 0 spiro atoms. The standard InChI is InChI=1S/C22H29N7O8/c23-14(5-11-1-3-13(31)4-2-11)19(33)27-15(6-12-8-25-10-26-12)20(34)29-17(9-30)21(35)28-16(22(36)37)7-18(24)32/h1-4,8,10,14-17,30-31H,5-7,9,23H2,(H2,24,32)(H,25,26)(H,27,33)(H,28,35)(H,29,34)(H,36,37). The van der Waals surface area contributed by atoms with E-state index in [4.69, 9.17) is 16.6 Å². The Morgan fingerprint density at radius 2 is 1.51 bits per heavy atom. The van der Waals surface area contributed by atoms with Crippen molar-refractivity contribution in [2.45, 2.75) is 43.4 Å². The van der Waals surface area contributed by atoms with Gasteiger partial charge in [-0.3, -0.25) is 19.2 Å². The number of nitrogens with one attached hydrogen (secondary N) is 4. The molecule has 0 bridgehead atoms. The Bertz CT molecular complexity index is 1090. The van der Waals surface area contributed by atoms with Crippen LogP contribution in [-0.2, 0) is 36.8 Å². The average Bonchev–Trinajstić information content (AvgIpc) is 3.35. The number of aliphatic hydroxyl groups is 1. The molecular weight excluding hydrogens is 490 g/mol. The summed E-state index contributed by atoms with van der Waals surface area (Å²) < 4.78 is 0. The highest BCUT2D eigenvalue weighted by Gasteiger charge is 2.31. The SMILES string of the molecule is NC(=O)CC(NC(=O)C(CO)NC(=O)C(Cc1cnc[nH]1)NC(=O)C(N)Cc1ccc(O)cc1)C(=O)O. The number of carboxylic acid groups (broad SMARTS) is 1. The number of primary amides is 1. The fourth-order valence-electron chi connectivity index (χ4n) is 3.22. The van der Waals surface area contributed by atoms with Gasteiger partial charge < -0.3 is 47.7 Å². The monoisotopic (exact) mass is 519 g/mol. The predicted molar refractivity (Wildman–Crippen MR) is 126 cm³/mol. The van der Waals surface area contributed by atoms with Gasteiger partial charge in [-0.15, -0.1) is 0 Å². The number of rotatable bonds is 14. The zero-order valence-electron chi connectivity index (χ0n) is 19.6. The van der Waals surface area contributed by atoms with Crippen LogP contribution in [0.5, 0.6) is 5.75 Å². The zero-order valence-corrected chi connectivity index (χ0v) is 19.6. The molecule has 200 valence electrons. The van der Waals surface area contributed by atoms with Gasteiger partial charge in [-0.05, 0) is 24.1 Å². The number of aliphatic hydroxyl groups excluding tert-OH is 1. The first-order valence-electron chi connectivity index (χ1n) is 11.0. The molecule has 4 unspecified atom stereocenters. The van der Waals surface area contributed by atoms with Crippen molar-refractivity contribution in [3.05, 3.63) is 48.0 Å². The second-order valence-corrected chi connectivity index (χ2v) is 8.13. The van der Waals surface area contributed by atoms with Gasteiger partial charge in [0, 0.05) is 18.3 Å². The number of benzene rings is 1. The van der Waals surface area contributed by atoms with Gasteiger partial charge in [0.25, 0.3) is 0 Å². The van der Waals surface area contributed by atoms with E-state index in [0.717, 1.165) is 0 Å². The molecule has 15 heteroatoms. The summed E-state index contributed by atoms with van der Waals surface area (Å²) in [5.74, 6) is -5.13. The molecule has 15 nitrogen and oxygen atoms in total. The lowest BCUT2D eigenvalue weighted by Gasteiger charge is -2.24. The highest BCUT2D eigenvalue weighted by atomic mass is 16.4. The number of imidazole rings is 1. The predicted octanol–water partition coefficient (Wildman–Crippen LogP) is -3.37. The third-order valence-corrected chi connectivity index (χ3v) is 5.18. The van der Waals surface area contributed by atoms with Gasteiger partial charge in [-0.2, -0.15) is 0 Å². The van der Waals surface area contributed by atoms with E-state index >= 15 is 0 Å². The molecule has 0 aliphatic heterocycles. The van der Waals surface area contributed by atoms with E-state index in [2.05, 4.69) is 20.6 Å². The van der Waals surface area contributed by atoms with Crippen LogP contribution in [-0.4, -0.2) is 85.7 Å². The van der Waals surface area contributed by atoms with Gasteiger partial charge in [0.15, 0.2) is 0 Å². The van der Waals surface area contributed by atoms with Crippen LogP contribution in [0.2, 0.25) is 0 Å². The molecule has 4 amide bonds. The fraction of sp³-hybridized carbons (Fsp3) is 0.364. The third-order valence-electron chi connectivity index (χ3n) is 5.18. The van der Waals surface area contributed by atoms with E-state index in [-0.39, 0.29) is 18.6 Å². The number of aliphatic carboxylic acids is 1. The highest BCUT2D eigenvalue weighted by molar-refractivity contribution is 5.95. The van der Waals surface area contributed by atoms with Gasteiger partial charge in [0.1, 0.15) is 23.9 Å². The number of carbonyl (C=O) groups is 5. The summed E-state index contributed by atoms with van der Waals surface area (Å²) in [5, 5.41) is 34.9. The van der Waals surface area contributed by atoms with Crippen LogP contribution >= 0.6 is 0 Å². The molecule has 1 aromatic carbocycles. The molecule has 37 heavy (non-hydrogen) atoms. The molecule has 1 heterocycles. The number of phenols is 1. The molecule has 0 saturated heterocycles. The minimum absolute atomic E-state index is 0.0462. The van der Waals surface area contributed by atoms with Gasteiger partial charge in [-0.25, -0.2) is 9.78 Å². The summed E-state index contributed by atoms with van der Waals surface area (Å²) in [5.41, 5.74) is 12.1. The molecule has 0 fully saturated rings. The van der Waals surface area contributed by atoms with Gasteiger partial charge in [-0.1, -0.05) is 12.1 Å². The molecule has 1 aromatic heterocycles. The van der Waals surface area contributed by atoms with Gasteiger partial charge in [0.2, 0.25) is 23.6 Å². The van der Waals surface area contributed by atoms with Crippen molar-refractivity contribution in [1.82, 2.24) is 25.9 Å². The number of aromatic hydroxyl groups is 1. The number of hydrogen-bond acceptors (Lipinski definition) is 9. The Morgan fingerprint density at radius 3 is 2.05 bits per heavy atom. The molecule has 0 aliphatic carbocycles. The lowest BCUT2D eigenvalue weighted by molar-refractivity contribution is -0.144. The van der Waals surface area contributed by atoms with Crippen LogP contribution < -0.4 is 27.4 Å². The summed E-state index contributed by atoms with van der Waals surface area (Å²) in [4.78, 5) is 67.1. The van der Waals surface area contributed by atoms with Crippen LogP contribution in [0.4, 0.5) is 0 Å². The largest absolute Gasteiger partial charge is 0.508 e. The van der Waals surface area contributed by atoms with E-state index in [9.17, 15) is 34.2 Å². The van der Waals surface area contributed by atoms with E-state index in [1.165, 1.54) is 24.7 Å². The number of H-pyrrole nitrogens is 1. The van der Waals surface area contributed by atoms with Crippen LogP contribution in [0, 0.1) is 0 Å². The van der Waals surface area contributed by atoms with Crippen molar-refractivity contribution in [3.8, 4) is 5.75 Å². The Kier molecular flexibility index (Phi) is 10.5. The van der Waals surface area contributed by atoms with Gasteiger partial charge in [0.05, 0.1) is 25.4 Å². The number of aromatic amines is 1. The summed E-state index contributed by atoms with van der Waals surface area (Å²) in [6, 6.07) is 0.447. The Balaban J connectivity index is 2.10. The number of hydrogen-bond donors (Lipinski definition) is 9. The lowest BCUT2D eigenvalue weighted by Crippen LogP contribution is -2.59. The van der Waals surface area contributed by atoms with E-state index in [1.54, 1.807) is 12.1 Å². The number of phenolic OH excluding ortho intramolecular Hbond substituents is 1. The Hall–Kier alpha value is -4.50. The van der Waals surface area contributed by atoms with E-state index < -0.39 is 66.8 Å². The smallest absolute Gasteiger partial charge is 0.326 e. The third kappa shape index (κ3) is 9.23. The normalized spacial score (nSPS) is 14.0. The summed E-state index contributed by atoms with van der Waals surface area (Å²) in [6.45, 7) is -0.911. The Labute approximate surface area is 210 Å². The minimum Gasteiger partial charge on any atom is -0.508 e. The average molecular weight is 520 g/mol. The molecule has 0 saturated carbocycles. The van der Waals surface area contributed by atoms with Gasteiger partial charge >= 0.3 is 5.97 Å². The second kappa shape index (κ2) is 13.6. The number of carboxylic acids is 1. The topological polar surface area (TPSA) is 263 Å². The number of nitrogens with two attached hydrogens (primary N) is 2. The molecule has 0 aliphatic rings.